The van der Waals surface area contributed by atoms with Crippen LogP contribution in [0.25, 0.3) is 0 Å². The van der Waals surface area contributed by atoms with E-state index in [-0.39, 0.29) is 43.8 Å². The number of nitrogens with one attached hydrogen (secondary N) is 2. The lowest BCUT2D eigenvalue weighted by Gasteiger charge is -2.49. The Labute approximate surface area is 447 Å². The van der Waals surface area contributed by atoms with Gasteiger partial charge in [0, 0.05) is 45.1 Å². The summed E-state index contributed by atoms with van der Waals surface area (Å²) in [6.07, 6.45) is 9.48. The molecule has 0 spiro atoms. The van der Waals surface area contributed by atoms with Gasteiger partial charge >= 0.3 is 11.9 Å². The second-order valence-electron chi connectivity index (χ2n) is 23.3. The summed E-state index contributed by atoms with van der Waals surface area (Å²) in [5.74, 6) is -4.08. The molecule has 3 rings (SSSR count). The normalized spacial score (nSPS) is 38.0. The Balaban J connectivity index is 1.81. The van der Waals surface area contributed by atoms with Crippen molar-refractivity contribution in [3.05, 3.63) is 0 Å². The van der Waals surface area contributed by atoms with E-state index in [1.165, 1.54) is 91.1 Å². The van der Waals surface area contributed by atoms with Crippen LogP contribution in [0.15, 0.2) is 0 Å². The summed E-state index contributed by atoms with van der Waals surface area (Å²) in [7, 11) is 6.84. The van der Waals surface area contributed by atoms with Gasteiger partial charge in [0.25, 0.3) is 0 Å². The maximum Gasteiger partial charge on any atom is 0.311 e. The van der Waals surface area contributed by atoms with Gasteiger partial charge in [-0.2, -0.15) is 0 Å². The van der Waals surface area contributed by atoms with E-state index in [0.29, 0.717) is 13.0 Å². The lowest BCUT2D eigenvalue weighted by Crippen LogP contribution is -2.61. The number of methoxy groups -OCH3 is 2. The van der Waals surface area contributed by atoms with Gasteiger partial charge in [-0.15, -0.1) is 0 Å². The molecule has 0 aromatic heterocycles. The Bertz CT molecular complexity index is 1630. The van der Waals surface area contributed by atoms with Crippen molar-refractivity contribution >= 4 is 17.8 Å². The average molecular weight is 1060 g/mol. The fraction of sp³-hybridized carbons (Fsp3) is 0.947. The lowest BCUT2D eigenvalue weighted by molar-refractivity contribution is -0.320. The number of rotatable bonds is 27. The maximum atomic E-state index is 14.6. The number of aliphatic hydroxyl groups excluding tert-OH is 2. The van der Waals surface area contributed by atoms with Gasteiger partial charge in [-0.25, -0.2) is 0 Å². The average Bonchev–Trinajstić information content (AvgIpc) is 3.35. The zero-order chi connectivity index (χ0) is 55.4. The number of nitrogens with zero attached hydrogens (tertiary/aromatic N) is 1. The zero-order valence-electron chi connectivity index (χ0n) is 48.8. The minimum Gasteiger partial charge on any atom is -0.459 e. The number of esters is 2. The van der Waals surface area contributed by atoms with Crippen molar-refractivity contribution < 1.29 is 67.6 Å². The van der Waals surface area contributed by atoms with Gasteiger partial charge in [-0.05, 0) is 94.8 Å². The molecule has 3 fully saturated rings. The quantitative estimate of drug-likeness (QED) is 0.0393. The van der Waals surface area contributed by atoms with E-state index >= 15 is 0 Å². The highest BCUT2D eigenvalue weighted by molar-refractivity contribution is 5.78. The summed E-state index contributed by atoms with van der Waals surface area (Å²) < 4.78 is 51.5. The molecule has 0 aliphatic carbocycles. The van der Waals surface area contributed by atoms with Gasteiger partial charge in [-0.1, -0.05) is 111 Å². The molecule has 434 valence electrons. The summed E-state index contributed by atoms with van der Waals surface area (Å²) >= 11 is 0. The van der Waals surface area contributed by atoms with Crippen molar-refractivity contribution in [2.24, 2.45) is 17.8 Å². The van der Waals surface area contributed by atoms with E-state index in [2.05, 4.69) is 17.6 Å². The third-order valence-corrected chi connectivity index (χ3v) is 16.6. The fourth-order valence-electron chi connectivity index (χ4n) is 11.6. The topological polar surface area (TPSA) is 213 Å². The van der Waals surface area contributed by atoms with Crippen molar-refractivity contribution in [3.8, 4) is 0 Å². The van der Waals surface area contributed by atoms with Gasteiger partial charge in [0.15, 0.2) is 18.7 Å². The predicted molar refractivity (Wildman–Crippen MR) is 286 cm³/mol. The Morgan fingerprint density at radius 2 is 1.32 bits per heavy atom. The molecule has 17 nitrogen and oxygen atoms in total. The van der Waals surface area contributed by atoms with Crippen LogP contribution in [0.1, 0.15) is 198 Å². The lowest BCUT2D eigenvalue weighted by atomic mass is 9.77. The molecular weight excluding hydrogens is 951 g/mol. The highest BCUT2D eigenvalue weighted by Crippen LogP contribution is 2.42. The molecule has 0 saturated carbocycles. The van der Waals surface area contributed by atoms with Crippen LogP contribution in [0, 0.1) is 17.8 Å². The minimum atomic E-state index is -1.97. The summed E-state index contributed by atoms with van der Waals surface area (Å²) in [6.45, 7) is 20.9. The molecule has 3 aliphatic rings. The molecule has 18 atom stereocenters. The van der Waals surface area contributed by atoms with Crippen molar-refractivity contribution in [3.63, 3.8) is 0 Å². The molecule has 3 saturated heterocycles. The van der Waals surface area contributed by atoms with Crippen molar-refractivity contribution in [1.82, 2.24) is 15.5 Å². The van der Waals surface area contributed by atoms with E-state index in [0.717, 1.165) is 19.4 Å². The number of aliphatic hydroxyl groups is 3. The summed E-state index contributed by atoms with van der Waals surface area (Å²) in [5.41, 5.74) is -4.34. The van der Waals surface area contributed by atoms with Crippen molar-refractivity contribution in [1.29, 1.82) is 0 Å². The summed E-state index contributed by atoms with van der Waals surface area (Å²) in [6, 6.07) is -1.25. The van der Waals surface area contributed by atoms with Crippen LogP contribution in [-0.2, 0) is 52.3 Å². The van der Waals surface area contributed by atoms with Crippen LogP contribution in [0.2, 0.25) is 0 Å². The fourth-order valence-corrected chi connectivity index (χ4v) is 11.6. The SMILES string of the molecule is CCCCCCCCCCCCCCCCNCCC(=O)O[C@H]1[C@H](C)O[C@@H](O[C@H]2[C@H](C)[C@@H](O[C@@H]3O[C@H](C)C[C@H](N(C)C)[C@H]3O)[C@](C)(OC)C[C@@H](C)C(=O)N[C@H](C)[C@@H](O)[C@](C)(O)[C@@H](CC)OC(=O)[C@@H]2C)C[C@@]1(C)OC. The molecule has 1 amide bonds. The van der Waals surface area contributed by atoms with Crippen molar-refractivity contribution in [2.45, 2.75) is 288 Å². The third-order valence-electron chi connectivity index (χ3n) is 16.6. The first kappa shape index (κ1) is 66.3. The first-order valence-electron chi connectivity index (χ1n) is 28.8. The van der Waals surface area contributed by atoms with E-state index in [1.54, 1.807) is 41.7 Å². The third kappa shape index (κ3) is 19.4. The van der Waals surface area contributed by atoms with Gasteiger partial charge < -0.3 is 68.7 Å². The second kappa shape index (κ2) is 32.1. The van der Waals surface area contributed by atoms with Gasteiger partial charge in [0.1, 0.15) is 29.5 Å². The maximum absolute atomic E-state index is 14.6. The van der Waals surface area contributed by atoms with Crippen LogP contribution in [-0.4, -0.2) is 170 Å². The number of cyclic esters (lactones) is 1. The number of carbonyl (C=O) groups excluding carboxylic acids is 3. The van der Waals surface area contributed by atoms with Crippen LogP contribution >= 0.6 is 0 Å². The Morgan fingerprint density at radius 1 is 0.770 bits per heavy atom. The monoisotopic (exact) mass is 1060 g/mol. The Hall–Kier alpha value is -2.03. The number of ether oxygens (including phenoxy) is 8. The van der Waals surface area contributed by atoms with Crippen LogP contribution in [0.4, 0.5) is 0 Å². The van der Waals surface area contributed by atoms with Gasteiger partial charge in [0.2, 0.25) is 5.91 Å². The molecular formula is C57H107N3O14. The van der Waals surface area contributed by atoms with E-state index in [4.69, 9.17) is 37.9 Å². The first-order chi connectivity index (χ1) is 34.9. The second-order valence-corrected chi connectivity index (χ2v) is 23.3. The summed E-state index contributed by atoms with van der Waals surface area (Å²) in [4.78, 5) is 43.8. The molecule has 0 aromatic rings. The largest absolute Gasteiger partial charge is 0.459 e. The molecule has 74 heavy (non-hydrogen) atoms. The Morgan fingerprint density at radius 3 is 1.86 bits per heavy atom. The van der Waals surface area contributed by atoms with Crippen LogP contribution in [0.3, 0.4) is 0 Å². The summed E-state index contributed by atoms with van der Waals surface area (Å²) in [5, 5.41) is 41.4. The Kier molecular flexibility index (Phi) is 28.8. The van der Waals surface area contributed by atoms with E-state index in [9.17, 15) is 29.7 Å². The molecule has 0 unspecified atom stereocenters. The molecule has 0 aromatic carbocycles. The number of likely N-dealkylation sites (N-methyl/N-ethyl adjacent to an activating group) is 1. The number of hydrogen-bond donors (Lipinski definition) is 5. The molecule has 3 heterocycles. The number of hydrogen-bond acceptors (Lipinski definition) is 16. The predicted octanol–water partition coefficient (Wildman–Crippen LogP) is 7.75. The van der Waals surface area contributed by atoms with Crippen molar-refractivity contribution in [2.75, 3.05) is 41.4 Å². The minimum absolute atomic E-state index is 0.0862. The smallest absolute Gasteiger partial charge is 0.311 e. The first-order valence-corrected chi connectivity index (χ1v) is 28.8. The standard InChI is InChI=1S/C57H107N3O14/c1-16-18-19-20-21-22-23-24-25-26-27-28-29-30-32-58-33-31-45(61)72-51-42(8)70-46(36-56(51,10)68-15)73-48-39(5)50(74-54-47(62)43(60(12)13)34-38(4)69-54)55(9,67-14)35-37(3)52(64)59-41(7)49(63)57(11,66)44(17-2)71-53(65)40(48)6/h37-44,46-51,54,58,62-63,66H,16-36H2,1-15H3,(H,59,64)/t37-,38-,39+,40-,41-,42+,43+,44-,46+,47-,48+,49-,50-,51+,54+,55-,56-,57-/m1/s1. The highest BCUT2D eigenvalue weighted by atomic mass is 16.7. The number of amides is 1. The molecule has 17 heteroatoms. The zero-order valence-corrected chi connectivity index (χ0v) is 48.8. The van der Waals surface area contributed by atoms with Crippen LogP contribution in [0.5, 0.6) is 0 Å². The molecule has 3 aliphatic heterocycles. The van der Waals surface area contributed by atoms with Crippen LogP contribution < -0.4 is 10.6 Å². The van der Waals surface area contributed by atoms with Gasteiger partial charge in [-0.3, -0.25) is 14.4 Å². The number of unbranched alkanes of at least 4 members (excludes halogenated alkanes) is 13. The van der Waals surface area contributed by atoms with Gasteiger partial charge in [0.05, 0.1) is 48.4 Å². The highest BCUT2D eigenvalue weighted by Gasteiger charge is 2.54. The molecule has 0 bridgehead atoms. The number of carbonyl (C=O) groups is 3. The van der Waals surface area contributed by atoms with E-state index in [1.807, 2.05) is 46.7 Å². The molecule has 5 N–H and O–H groups in total. The molecule has 0 radical (unpaired) electrons. The van der Waals surface area contributed by atoms with E-state index < -0.39 is 108 Å².